The molecule has 10 heteroatoms. The lowest BCUT2D eigenvalue weighted by Crippen LogP contribution is -2.40. The Morgan fingerprint density at radius 1 is 1.16 bits per heavy atom. The summed E-state index contributed by atoms with van der Waals surface area (Å²) in [5.74, 6) is 0.723. The van der Waals surface area contributed by atoms with E-state index in [1.807, 2.05) is 31.2 Å². The molecule has 0 N–H and O–H groups in total. The van der Waals surface area contributed by atoms with Crippen molar-refractivity contribution >= 4 is 29.1 Å². The quantitative estimate of drug-likeness (QED) is 0.129. The van der Waals surface area contributed by atoms with Crippen molar-refractivity contribution < 1.29 is 18.9 Å². The lowest BCUT2D eigenvalue weighted by molar-refractivity contribution is -0.385. The number of rotatable bonds is 9. The molecule has 1 atom stereocenters. The smallest absolute Gasteiger partial charge is 0.338 e. The molecule has 4 aromatic rings. The molecule has 2 aromatic carbocycles. The Hall–Kier alpha value is -4.57. The normalized spacial score (nSPS) is 15.0. The summed E-state index contributed by atoms with van der Waals surface area (Å²) in [7, 11) is 0. The van der Waals surface area contributed by atoms with Gasteiger partial charge in [0.25, 0.3) is 11.2 Å². The van der Waals surface area contributed by atoms with E-state index in [9.17, 15) is 19.7 Å². The first kappa shape index (κ1) is 29.9. The molecule has 3 heterocycles. The summed E-state index contributed by atoms with van der Waals surface area (Å²) in [6, 6.07) is 15.6. The Morgan fingerprint density at radius 3 is 2.56 bits per heavy atom. The summed E-state index contributed by atoms with van der Waals surface area (Å²) in [4.78, 5) is 43.7. The topological polar surface area (TPSA) is 117 Å². The molecule has 0 aliphatic carbocycles. The maximum atomic E-state index is 14.0. The molecule has 0 spiro atoms. The average molecular weight is 600 g/mol. The molecule has 0 amide bonds. The summed E-state index contributed by atoms with van der Waals surface area (Å²) in [5.41, 5.74) is 3.74. The van der Waals surface area contributed by atoms with E-state index >= 15 is 0 Å². The second-order valence-corrected chi connectivity index (χ2v) is 11.7. The van der Waals surface area contributed by atoms with Gasteiger partial charge in [0, 0.05) is 23.3 Å². The minimum atomic E-state index is -0.695. The molecule has 43 heavy (non-hydrogen) atoms. The molecule has 0 saturated carbocycles. The van der Waals surface area contributed by atoms with Gasteiger partial charge in [-0.25, -0.2) is 9.79 Å². The minimum absolute atomic E-state index is 0.00507. The van der Waals surface area contributed by atoms with Gasteiger partial charge in [0.05, 0.1) is 33.4 Å². The van der Waals surface area contributed by atoms with E-state index in [0.717, 1.165) is 17.5 Å². The van der Waals surface area contributed by atoms with Crippen LogP contribution in [0.25, 0.3) is 17.4 Å². The Balaban J connectivity index is 1.66. The van der Waals surface area contributed by atoms with Crippen molar-refractivity contribution in [2.75, 3.05) is 6.61 Å². The molecule has 1 aliphatic heterocycles. The summed E-state index contributed by atoms with van der Waals surface area (Å²) in [5, 5.41) is 11.4. The van der Waals surface area contributed by atoms with Gasteiger partial charge in [-0.1, -0.05) is 74.9 Å². The number of hydrogen-bond acceptors (Lipinski definition) is 8. The monoisotopic (exact) mass is 599 g/mol. The number of furan rings is 1. The Morgan fingerprint density at radius 2 is 1.91 bits per heavy atom. The maximum absolute atomic E-state index is 14.0. The van der Waals surface area contributed by atoms with Gasteiger partial charge in [-0.05, 0) is 49.4 Å². The lowest BCUT2D eigenvalue weighted by atomic mass is 9.92. The van der Waals surface area contributed by atoms with Crippen LogP contribution in [0.5, 0.6) is 0 Å². The second-order valence-electron chi connectivity index (χ2n) is 10.6. The molecule has 222 valence electrons. The van der Waals surface area contributed by atoms with Crippen LogP contribution in [-0.2, 0) is 9.53 Å². The van der Waals surface area contributed by atoms with Gasteiger partial charge < -0.3 is 9.15 Å². The van der Waals surface area contributed by atoms with Crippen LogP contribution in [0, 0.1) is 17.0 Å². The van der Waals surface area contributed by atoms with Crippen LogP contribution < -0.4 is 14.9 Å². The number of ether oxygens (including phenoxy) is 1. The standard InChI is InChI=1S/C33H33N3O6S/c1-6-9-25-29(32(38)41-7-2)30(22-14-12-21(13-15-22)19(3)4)35-31(37)28(43-33(35)34-25)18-23-16-17-27(42-23)24-10-8-11-26(20(24)5)36(39)40/h8,10-19,30H,6-7,9H2,1-5H3/b28-18-/t30-/m0/s1. The van der Waals surface area contributed by atoms with Crippen molar-refractivity contribution in [3.05, 3.63) is 118 Å². The van der Waals surface area contributed by atoms with Crippen molar-refractivity contribution in [3.63, 3.8) is 0 Å². The average Bonchev–Trinajstić information content (AvgIpc) is 3.56. The van der Waals surface area contributed by atoms with E-state index in [0.29, 0.717) is 55.6 Å². The van der Waals surface area contributed by atoms with Gasteiger partial charge in [-0.2, -0.15) is 0 Å². The summed E-state index contributed by atoms with van der Waals surface area (Å²) < 4.78 is 13.5. The number of fused-ring (bicyclic) bond motifs is 1. The van der Waals surface area contributed by atoms with E-state index in [4.69, 9.17) is 14.1 Å². The van der Waals surface area contributed by atoms with Crippen LogP contribution in [0.1, 0.15) is 74.9 Å². The van der Waals surface area contributed by atoms with Gasteiger partial charge in [-0.15, -0.1) is 0 Å². The van der Waals surface area contributed by atoms with Crippen molar-refractivity contribution in [1.29, 1.82) is 0 Å². The third-order valence-corrected chi connectivity index (χ3v) is 8.46. The van der Waals surface area contributed by atoms with E-state index < -0.39 is 16.9 Å². The van der Waals surface area contributed by atoms with Gasteiger partial charge in [0.1, 0.15) is 11.5 Å². The van der Waals surface area contributed by atoms with Crippen LogP contribution in [0.2, 0.25) is 0 Å². The molecular weight excluding hydrogens is 566 g/mol. The molecule has 0 saturated heterocycles. The first-order valence-corrected chi connectivity index (χ1v) is 15.1. The Kier molecular flexibility index (Phi) is 8.59. The van der Waals surface area contributed by atoms with Crippen LogP contribution in [-0.4, -0.2) is 22.1 Å². The van der Waals surface area contributed by atoms with E-state index in [-0.39, 0.29) is 17.9 Å². The maximum Gasteiger partial charge on any atom is 0.338 e. The number of allylic oxidation sites excluding steroid dienone is 1. The highest BCUT2D eigenvalue weighted by Gasteiger charge is 2.34. The molecule has 1 aliphatic rings. The molecular formula is C33H33N3O6S. The van der Waals surface area contributed by atoms with Crippen molar-refractivity contribution in [2.24, 2.45) is 4.99 Å². The number of carbonyl (C=O) groups is 1. The highest BCUT2D eigenvalue weighted by atomic mass is 32.1. The number of carbonyl (C=O) groups excluding carboxylic acids is 1. The number of hydrogen-bond donors (Lipinski definition) is 0. The van der Waals surface area contributed by atoms with Gasteiger partial charge in [0.15, 0.2) is 4.80 Å². The lowest BCUT2D eigenvalue weighted by Gasteiger charge is -2.26. The highest BCUT2D eigenvalue weighted by Crippen LogP contribution is 2.34. The largest absolute Gasteiger partial charge is 0.463 e. The van der Waals surface area contributed by atoms with E-state index in [1.165, 1.54) is 17.4 Å². The third-order valence-electron chi connectivity index (χ3n) is 7.48. The number of benzene rings is 2. The first-order chi connectivity index (χ1) is 20.6. The predicted octanol–water partition coefficient (Wildman–Crippen LogP) is 6.18. The fraction of sp³-hybridized carbons (Fsp3) is 0.303. The molecule has 0 unspecified atom stereocenters. The van der Waals surface area contributed by atoms with Crippen LogP contribution >= 0.6 is 11.3 Å². The fourth-order valence-corrected chi connectivity index (χ4v) is 6.29. The second kappa shape index (κ2) is 12.3. The molecule has 2 aromatic heterocycles. The Labute approximate surface area is 252 Å². The van der Waals surface area contributed by atoms with Gasteiger partial charge >= 0.3 is 5.97 Å². The molecule has 0 fully saturated rings. The zero-order valence-corrected chi connectivity index (χ0v) is 25.6. The van der Waals surface area contributed by atoms with Gasteiger partial charge in [0.2, 0.25) is 0 Å². The fourth-order valence-electron chi connectivity index (χ4n) is 5.29. The number of aromatic nitrogens is 1. The molecule has 0 radical (unpaired) electrons. The summed E-state index contributed by atoms with van der Waals surface area (Å²) >= 11 is 1.23. The minimum Gasteiger partial charge on any atom is -0.463 e. The number of thiazole rings is 1. The zero-order chi connectivity index (χ0) is 30.8. The van der Waals surface area contributed by atoms with Crippen LogP contribution in [0.3, 0.4) is 0 Å². The summed E-state index contributed by atoms with van der Waals surface area (Å²) in [6.45, 7) is 9.88. The van der Waals surface area contributed by atoms with Crippen molar-refractivity contribution in [3.8, 4) is 11.3 Å². The number of nitro groups is 1. The van der Waals surface area contributed by atoms with E-state index in [2.05, 4.69) is 13.8 Å². The van der Waals surface area contributed by atoms with Crippen LogP contribution in [0.15, 0.2) is 80.1 Å². The van der Waals surface area contributed by atoms with E-state index in [1.54, 1.807) is 48.8 Å². The van der Waals surface area contributed by atoms with Gasteiger partial charge in [-0.3, -0.25) is 19.5 Å². The van der Waals surface area contributed by atoms with Crippen molar-refractivity contribution in [2.45, 2.75) is 59.4 Å². The SMILES string of the molecule is CCCC1=C(C(=O)OCC)[C@H](c2ccc(C(C)C)cc2)n2c(s/c(=C\c3ccc(-c4cccc([N+](=O)[O-])c4C)o3)c2=O)=N1. The number of nitrogens with zero attached hydrogens (tertiary/aromatic N) is 3. The first-order valence-electron chi connectivity index (χ1n) is 14.3. The molecule has 5 rings (SSSR count). The predicted molar refractivity (Wildman–Crippen MR) is 166 cm³/mol. The number of nitro benzene ring substituents is 1. The third kappa shape index (κ3) is 5.75. The highest BCUT2D eigenvalue weighted by molar-refractivity contribution is 7.07. The molecule has 0 bridgehead atoms. The van der Waals surface area contributed by atoms with Crippen molar-refractivity contribution in [1.82, 2.24) is 4.57 Å². The molecule has 9 nitrogen and oxygen atoms in total. The zero-order valence-electron chi connectivity index (χ0n) is 24.7. The number of esters is 1. The Bertz CT molecular complexity index is 1910. The summed E-state index contributed by atoms with van der Waals surface area (Å²) in [6.07, 6.45) is 2.97. The van der Waals surface area contributed by atoms with Crippen LogP contribution in [0.4, 0.5) is 5.69 Å².